The zero-order valence-corrected chi connectivity index (χ0v) is 25.1. The lowest BCUT2D eigenvalue weighted by Crippen LogP contribution is -2.52. The zero-order valence-electron chi connectivity index (χ0n) is 22.7. The highest BCUT2D eigenvalue weighted by Crippen LogP contribution is 2.37. The Bertz CT molecular complexity index is 1420. The maximum absolute atomic E-state index is 13.8. The van der Waals surface area contributed by atoms with E-state index in [4.69, 9.17) is 0 Å². The average Bonchev–Trinajstić information content (AvgIpc) is 3.20. The Kier molecular flexibility index (Phi) is 8.14. The van der Waals surface area contributed by atoms with Crippen LogP contribution in [0.5, 0.6) is 0 Å². The molecule has 0 atom stereocenters. The maximum atomic E-state index is 13.8. The molecule has 38 heavy (non-hydrogen) atoms. The van der Waals surface area contributed by atoms with Crippen molar-refractivity contribution in [1.29, 1.82) is 0 Å². The first kappa shape index (κ1) is 28.4. The van der Waals surface area contributed by atoms with Gasteiger partial charge in [0.25, 0.3) is 10.0 Å². The quantitative estimate of drug-likeness (QED) is 0.307. The molecule has 0 saturated heterocycles. The Morgan fingerprint density at radius 2 is 1.82 bits per heavy atom. The molecule has 1 aliphatic rings. The van der Waals surface area contributed by atoms with E-state index in [2.05, 4.69) is 26.2 Å². The molecule has 1 fully saturated rings. The number of hydrogen-bond donors (Lipinski definition) is 2. The third-order valence-electron chi connectivity index (χ3n) is 7.22. The van der Waals surface area contributed by atoms with Crippen LogP contribution in [0.15, 0.2) is 45.9 Å². The summed E-state index contributed by atoms with van der Waals surface area (Å²) >= 11 is 3.63. The van der Waals surface area contributed by atoms with Crippen LogP contribution in [0.4, 0.5) is 10.5 Å². The van der Waals surface area contributed by atoms with Crippen LogP contribution in [0.25, 0.3) is 11.0 Å². The second-order valence-electron chi connectivity index (χ2n) is 11.2. The van der Waals surface area contributed by atoms with Crippen molar-refractivity contribution in [2.75, 3.05) is 5.32 Å². The molecule has 1 aliphatic carbocycles. The number of hydrogen-bond acceptors (Lipinski definition) is 5. The lowest BCUT2D eigenvalue weighted by Gasteiger charge is -2.43. The highest BCUT2D eigenvalue weighted by atomic mass is 79.9. The fourth-order valence-electron chi connectivity index (χ4n) is 5.49. The van der Waals surface area contributed by atoms with Crippen LogP contribution in [0, 0.1) is 6.92 Å². The number of aromatic nitrogens is 2. The molecule has 0 bridgehead atoms. The fraction of sp³-hybridized carbons (Fsp3) is 0.500. The van der Waals surface area contributed by atoms with Gasteiger partial charge in [-0.15, -0.1) is 0 Å². The van der Waals surface area contributed by atoms with Gasteiger partial charge in [0.05, 0.1) is 15.1 Å². The summed E-state index contributed by atoms with van der Waals surface area (Å²) < 4.78 is 29.7. The van der Waals surface area contributed by atoms with E-state index in [1.54, 1.807) is 35.4 Å². The van der Waals surface area contributed by atoms with E-state index in [0.717, 1.165) is 53.2 Å². The van der Waals surface area contributed by atoms with E-state index in [9.17, 15) is 18.3 Å². The predicted molar refractivity (Wildman–Crippen MR) is 154 cm³/mol. The van der Waals surface area contributed by atoms with E-state index in [1.165, 1.54) is 3.97 Å². The van der Waals surface area contributed by atoms with Gasteiger partial charge in [0.15, 0.2) is 5.65 Å². The minimum atomic E-state index is -3.84. The first-order valence-electron chi connectivity index (χ1n) is 13.1. The molecule has 0 unspecified atom stereocenters. The standard InChI is InChI=1S/C28H37BrN4O4S/c1-6-7-21-16-23-25(31-19-10-12-20(13-11-19)32(27(34)35)28(3,4)5)24(29)17-30-26(23)33(21)38(36,37)22-14-8-18(2)9-15-22/h8-9,14-17,19-20H,6-7,10-13H2,1-5H3,(H,30,31)(H,34,35)/t19-,20-. The van der Waals surface area contributed by atoms with Crippen molar-refractivity contribution in [2.45, 2.75) is 95.7 Å². The van der Waals surface area contributed by atoms with E-state index in [0.29, 0.717) is 17.8 Å². The van der Waals surface area contributed by atoms with E-state index in [1.807, 2.05) is 40.7 Å². The molecule has 1 aromatic carbocycles. The molecule has 2 heterocycles. The van der Waals surface area contributed by atoms with Crippen LogP contribution in [-0.4, -0.2) is 51.1 Å². The summed E-state index contributed by atoms with van der Waals surface area (Å²) in [7, 11) is -3.84. The van der Waals surface area contributed by atoms with Gasteiger partial charge >= 0.3 is 6.09 Å². The summed E-state index contributed by atoms with van der Waals surface area (Å²) in [6.45, 7) is 9.74. The highest BCUT2D eigenvalue weighted by molar-refractivity contribution is 9.10. The number of benzene rings is 1. The van der Waals surface area contributed by atoms with Gasteiger partial charge in [0, 0.05) is 34.9 Å². The number of halogens is 1. The lowest BCUT2D eigenvalue weighted by atomic mass is 9.88. The van der Waals surface area contributed by atoms with Gasteiger partial charge < -0.3 is 15.3 Å². The van der Waals surface area contributed by atoms with Crippen LogP contribution < -0.4 is 5.32 Å². The number of carbonyl (C=O) groups is 1. The van der Waals surface area contributed by atoms with Crippen molar-refractivity contribution in [1.82, 2.24) is 13.9 Å². The number of nitrogens with zero attached hydrogens (tertiary/aromatic N) is 3. The van der Waals surface area contributed by atoms with Gasteiger partial charge in [0.2, 0.25) is 0 Å². The van der Waals surface area contributed by atoms with Crippen LogP contribution in [0.3, 0.4) is 0 Å². The SMILES string of the molecule is CCCc1cc2c(N[C@H]3CC[C@H](N(C(=O)O)C(C)(C)C)CC3)c(Br)cnc2n1S(=O)(=O)c1ccc(C)cc1. The maximum Gasteiger partial charge on any atom is 0.407 e. The van der Waals surface area contributed by atoms with Crippen molar-refractivity contribution in [3.8, 4) is 0 Å². The van der Waals surface area contributed by atoms with Gasteiger partial charge in [-0.2, -0.15) is 0 Å². The first-order valence-corrected chi connectivity index (χ1v) is 15.4. The Hall–Kier alpha value is -2.59. The average molecular weight is 606 g/mol. The third kappa shape index (κ3) is 5.57. The largest absolute Gasteiger partial charge is 0.465 e. The predicted octanol–water partition coefficient (Wildman–Crippen LogP) is 6.80. The summed E-state index contributed by atoms with van der Waals surface area (Å²) in [6, 6.07) is 8.93. The van der Waals surface area contributed by atoms with Crippen LogP contribution in [-0.2, 0) is 16.4 Å². The molecule has 0 aliphatic heterocycles. The third-order valence-corrected chi connectivity index (χ3v) is 9.58. The molecule has 2 N–H and O–H groups in total. The molecule has 0 spiro atoms. The van der Waals surface area contributed by atoms with Gasteiger partial charge in [-0.25, -0.2) is 22.2 Å². The van der Waals surface area contributed by atoms with Gasteiger partial charge in [0.1, 0.15) is 0 Å². The number of fused-ring (bicyclic) bond motifs is 1. The van der Waals surface area contributed by atoms with Gasteiger partial charge in [-0.1, -0.05) is 31.0 Å². The first-order chi connectivity index (χ1) is 17.8. The molecule has 4 rings (SSSR count). The van der Waals surface area contributed by atoms with Crippen molar-refractivity contribution in [3.05, 3.63) is 52.3 Å². The summed E-state index contributed by atoms with van der Waals surface area (Å²) in [4.78, 5) is 18.3. The minimum absolute atomic E-state index is 0.0247. The van der Waals surface area contributed by atoms with Crippen LogP contribution in [0.1, 0.15) is 71.1 Å². The number of pyridine rings is 1. The molecule has 1 amide bonds. The Morgan fingerprint density at radius 3 is 2.37 bits per heavy atom. The fourth-order valence-corrected chi connectivity index (χ4v) is 7.43. The molecule has 206 valence electrons. The summed E-state index contributed by atoms with van der Waals surface area (Å²) in [5, 5.41) is 14.2. The summed E-state index contributed by atoms with van der Waals surface area (Å²) in [5.74, 6) is 0. The highest BCUT2D eigenvalue weighted by Gasteiger charge is 2.36. The molecule has 1 saturated carbocycles. The summed E-state index contributed by atoms with van der Waals surface area (Å²) in [6.07, 6.45) is 5.30. The number of anilines is 1. The molecule has 0 radical (unpaired) electrons. The van der Waals surface area contributed by atoms with Gasteiger partial charge in [-0.3, -0.25) is 0 Å². The van der Waals surface area contributed by atoms with Crippen LogP contribution >= 0.6 is 15.9 Å². The lowest BCUT2D eigenvalue weighted by molar-refractivity contribution is 0.0557. The Morgan fingerprint density at radius 1 is 1.18 bits per heavy atom. The molecule has 10 heteroatoms. The zero-order chi connectivity index (χ0) is 27.8. The monoisotopic (exact) mass is 604 g/mol. The number of amides is 1. The number of carboxylic acid groups (broad SMARTS) is 1. The van der Waals surface area contributed by atoms with Crippen LogP contribution in [0.2, 0.25) is 0 Å². The minimum Gasteiger partial charge on any atom is -0.465 e. The normalized spacial score (nSPS) is 18.5. The second kappa shape index (κ2) is 10.9. The molecular formula is C28H37BrN4O4S. The number of rotatable bonds is 7. The Labute approximate surface area is 233 Å². The van der Waals surface area contributed by atoms with Gasteiger partial charge in [-0.05, 0) is 93.9 Å². The van der Waals surface area contributed by atoms with Crippen molar-refractivity contribution in [3.63, 3.8) is 0 Å². The molecular weight excluding hydrogens is 568 g/mol. The molecule has 8 nitrogen and oxygen atoms in total. The number of nitrogens with one attached hydrogen (secondary N) is 1. The molecule has 3 aromatic rings. The topological polar surface area (TPSA) is 105 Å². The van der Waals surface area contributed by atoms with E-state index < -0.39 is 21.7 Å². The van der Waals surface area contributed by atoms with E-state index >= 15 is 0 Å². The number of aryl methyl sites for hydroxylation is 2. The van der Waals surface area contributed by atoms with Crippen molar-refractivity contribution < 1.29 is 18.3 Å². The molecule has 2 aromatic heterocycles. The van der Waals surface area contributed by atoms with Crippen molar-refractivity contribution >= 4 is 48.8 Å². The Balaban J connectivity index is 1.67. The summed E-state index contributed by atoms with van der Waals surface area (Å²) in [5.41, 5.74) is 2.45. The smallest absolute Gasteiger partial charge is 0.407 e. The second-order valence-corrected chi connectivity index (χ2v) is 13.8. The van der Waals surface area contributed by atoms with E-state index in [-0.39, 0.29) is 17.0 Å². The van der Waals surface area contributed by atoms with Crippen molar-refractivity contribution in [2.24, 2.45) is 0 Å².